The van der Waals surface area contributed by atoms with Gasteiger partial charge in [-0.1, -0.05) is 29.3 Å². The lowest BCUT2D eigenvalue weighted by Crippen LogP contribution is -2.44. The van der Waals surface area contributed by atoms with E-state index in [-0.39, 0.29) is 12.1 Å². The van der Waals surface area contributed by atoms with Gasteiger partial charge in [0.25, 0.3) is 0 Å². The van der Waals surface area contributed by atoms with Gasteiger partial charge in [0.05, 0.1) is 19.3 Å². The fourth-order valence-electron chi connectivity index (χ4n) is 2.60. The van der Waals surface area contributed by atoms with Gasteiger partial charge in [-0.3, -0.25) is 4.99 Å². The van der Waals surface area contributed by atoms with Crippen LogP contribution < -0.4 is 10.6 Å². The first-order valence-electron chi connectivity index (χ1n) is 8.69. The Labute approximate surface area is 160 Å². The van der Waals surface area contributed by atoms with Crippen molar-refractivity contribution in [3.63, 3.8) is 0 Å². The smallest absolute Gasteiger partial charge is 0.191 e. The third-order valence-electron chi connectivity index (χ3n) is 4.01. The molecule has 0 aromatic heterocycles. The summed E-state index contributed by atoms with van der Waals surface area (Å²) in [6.07, 6.45) is 3.04. The number of benzene rings is 1. The number of rotatable bonds is 8. The van der Waals surface area contributed by atoms with Crippen LogP contribution in [-0.4, -0.2) is 51.5 Å². The summed E-state index contributed by atoms with van der Waals surface area (Å²) in [5.74, 6) is 0.779. The molecule has 0 amide bonds. The third kappa shape index (κ3) is 7.40. The Morgan fingerprint density at radius 3 is 2.96 bits per heavy atom. The SMILES string of the molecule is CN=C(NCCCc1ccc(Cl)cc1Cl)NC(C)COC1CCOC1. The number of halogens is 2. The molecule has 2 N–H and O–H groups in total. The first kappa shape index (κ1) is 20.3. The summed E-state index contributed by atoms with van der Waals surface area (Å²) in [4.78, 5) is 4.25. The zero-order valence-corrected chi connectivity index (χ0v) is 16.4. The summed E-state index contributed by atoms with van der Waals surface area (Å²) in [6, 6.07) is 5.80. The van der Waals surface area contributed by atoms with Crippen LogP contribution in [0.15, 0.2) is 23.2 Å². The third-order valence-corrected chi connectivity index (χ3v) is 4.59. The van der Waals surface area contributed by atoms with Crippen LogP contribution in [0.3, 0.4) is 0 Å². The number of hydrogen-bond acceptors (Lipinski definition) is 3. The average molecular weight is 388 g/mol. The van der Waals surface area contributed by atoms with Crippen molar-refractivity contribution in [2.45, 2.75) is 38.3 Å². The molecule has 25 heavy (non-hydrogen) atoms. The van der Waals surface area contributed by atoms with E-state index in [1.807, 2.05) is 12.1 Å². The molecule has 1 saturated heterocycles. The lowest BCUT2D eigenvalue weighted by molar-refractivity contribution is 0.0347. The quantitative estimate of drug-likeness (QED) is 0.408. The first-order valence-corrected chi connectivity index (χ1v) is 9.44. The largest absolute Gasteiger partial charge is 0.379 e. The number of aliphatic imine (C=N–C) groups is 1. The van der Waals surface area contributed by atoms with Crippen molar-refractivity contribution >= 4 is 29.2 Å². The van der Waals surface area contributed by atoms with Crippen molar-refractivity contribution in [3.05, 3.63) is 33.8 Å². The predicted molar refractivity (Wildman–Crippen MR) is 104 cm³/mol. The Kier molecular flexibility index (Phi) is 8.82. The molecule has 0 radical (unpaired) electrons. The zero-order valence-electron chi connectivity index (χ0n) is 14.9. The number of ether oxygens (including phenoxy) is 2. The molecule has 1 heterocycles. The number of aryl methyl sites for hydroxylation is 1. The summed E-state index contributed by atoms with van der Waals surface area (Å²) < 4.78 is 11.1. The molecular formula is C18H27Cl2N3O2. The Balaban J connectivity index is 1.63. The van der Waals surface area contributed by atoms with E-state index in [4.69, 9.17) is 32.7 Å². The number of nitrogens with one attached hydrogen (secondary N) is 2. The molecule has 1 aliphatic rings. The fraction of sp³-hybridized carbons (Fsp3) is 0.611. The fourth-order valence-corrected chi connectivity index (χ4v) is 3.11. The Hall–Kier alpha value is -1.01. The molecule has 2 unspecified atom stereocenters. The topological polar surface area (TPSA) is 54.9 Å². The van der Waals surface area contributed by atoms with Crippen molar-refractivity contribution in [1.82, 2.24) is 10.6 Å². The maximum absolute atomic E-state index is 6.19. The lowest BCUT2D eigenvalue weighted by atomic mass is 10.1. The van der Waals surface area contributed by atoms with Crippen LogP contribution in [-0.2, 0) is 15.9 Å². The van der Waals surface area contributed by atoms with E-state index in [0.717, 1.165) is 49.0 Å². The monoisotopic (exact) mass is 387 g/mol. The highest BCUT2D eigenvalue weighted by atomic mass is 35.5. The molecule has 5 nitrogen and oxygen atoms in total. The van der Waals surface area contributed by atoms with Gasteiger partial charge in [0.2, 0.25) is 0 Å². The first-order chi connectivity index (χ1) is 12.1. The van der Waals surface area contributed by atoms with E-state index >= 15 is 0 Å². The van der Waals surface area contributed by atoms with E-state index in [2.05, 4.69) is 22.5 Å². The van der Waals surface area contributed by atoms with Crippen molar-refractivity contribution < 1.29 is 9.47 Å². The molecule has 7 heteroatoms. The van der Waals surface area contributed by atoms with Gasteiger partial charge >= 0.3 is 0 Å². The van der Waals surface area contributed by atoms with Gasteiger partial charge in [-0.2, -0.15) is 0 Å². The van der Waals surface area contributed by atoms with Crippen molar-refractivity contribution in [2.75, 3.05) is 33.4 Å². The second-order valence-electron chi connectivity index (χ2n) is 6.20. The van der Waals surface area contributed by atoms with Gasteiger partial charge < -0.3 is 20.1 Å². The molecule has 0 saturated carbocycles. The Bertz CT molecular complexity index is 563. The van der Waals surface area contributed by atoms with Gasteiger partial charge in [-0.15, -0.1) is 0 Å². The van der Waals surface area contributed by atoms with Crippen LogP contribution in [0.5, 0.6) is 0 Å². The van der Waals surface area contributed by atoms with Gasteiger partial charge in [-0.05, 0) is 43.9 Å². The van der Waals surface area contributed by atoms with Crippen LogP contribution in [0, 0.1) is 0 Å². The summed E-state index contributed by atoms with van der Waals surface area (Å²) in [5, 5.41) is 8.04. The molecular weight excluding hydrogens is 361 g/mol. The van der Waals surface area contributed by atoms with Gasteiger partial charge in [-0.25, -0.2) is 0 Å². The van der Waals surface area contributed by atoms with Crippen LogP contribution in [0.4, 0.5) is 0 Å². The second kappa shape index (κ2) is 10.9. The standard InChI is InChI=1S/C18H27Cl2N3O2/c1-13(11-25-16-7-9-24-12-16)23-18(21-2)22-8-3-4-14-5-6-15(19)10-17(14)20/h5-6,10,13,16H,3-4,7-9,11-12H2,1-2H3,(H2,21,22,23). The second-order valence-corrected chi connectivity index (χ2v) is 7.05. The van der Waals surface area contributed by atoms with Crippen LogP contribution >= 0.6 is 23.2 Å². The maximum Gasteiger partial charge on any atom is 0.191 e. The molecule has 0 spiro atoms. The maximum atomic E-state index is 6.19. The number of nitrogens with zero attached hydrogens (tertiary/aromatic N) is 1. The molecule has 1 aromatic carbocycles. The van der Waals surface area contributed by atoms with E-state index in [1.54, 1.807) is 13.1 Å². The summed E-state index contributed by atoms with van der Waals surface area (Å²) in [6.45, 7) is 5.02. The highest BCUT2D eigenvalue weighted by Crippen LogP contribution is 2.21. The van der Waals surface area contributed by atoms with E-state index < -0.39 is 0 Å². The lowest BCUT2D eigenvalue weighted by Gasteiger charge is -2.19. The van der Waals surface area contributed by atoms with Crippen molar-refractivity contribution in [3.8, 4) is 0 Å². The predicted octanol–water partition coefficient (Wildman–Crippen LogP) is 3.29. The molecule has 140 valence electrons. The number of guanidine groups is 1. The highest BCUT2D eigenvalue weighted by molar-refractivity contribution is 6.35. The summed E-state index contributed by atoms with van der Waals surface area (Å²) >= 11 is 12.1. The van der Waals surface area contributed by atoms with Crippen molar-refractivity contribution in [2.24, 2.45) is 4.99 Å². The van der Waals surface area contributed by atoms with Gasteiger partial charge in [0.15, 0.2) is 5.96 Å². The molecule has 0 aliphatic carbocycles. The molecule has 1 fully saturated rings. The zero-order chi connectivity index (χ0) is 18.1. The summed E-state index contributed by atoms with van der Waals surface area (Å²) in [7, 11) is 1.77. The van der Waals surface area contributed by atoms with Crippen molar-refractivity contribution in [1.29, 1.82) is 0 Å². The molecule has 0 bridgehead atoms. The van der Waals surface area contributed by atoms with E-state index in [1.165, 1.54) is 0 Å². The minimum atomic E-state index is 0.178. The molecule has 1 aromatic rings. The van der Waals surface area contributed by atoms with Gasteiger partial charge in [0, 0.05) is 36.3 Å². The average Bonchev–Trinajstić information content (AvgIpc) is 3.10. The van der Waals surface area contributed by atoms with Crippen LogP contribution in [0.25, 0.3) is 0 Å². The Morgan fingerprint density at radius 2 is 2.28 bits per heavy atom. The minimum absolute atomic E-state index is 0.178. The molecule has 2 atom stereocenters. The van der Waals surface area contributed by atoms with Crippen LogP contribution in [0.2, 0.25) is 10.0 Å². The highest BCUT2D eigenvalue weighted by Gasteiger charge is 2.17. The Morgan fingerprint density at radius 1 is 1.44 bits per heavy atom. The van der Waals surface area contributed by atoms with Crippen LogP contribution in [0.1, 0.15) is 25.3 Å². The molecule has 1 aliphatic heterocycles. The summed E-state index contributed by atoms with van der Waals surface area (Å²) in [5.41, 5.74) is 1.11. The number of hydrogen-bond donors (Lipinski definition) is 2. The van der Waals surface area contributed by atoms with E-state index in [9.17, 15) is 0 Å². The van der Waals surface area contributed by atoms with Gasteiger partial charge in [0.1, 0.15) is 0 Å². The minimum Gasteiger partial charge on any atom is -0.379 e. The van der Waals surface area contributed by atoms with E-state index in [0.29, 0.717) is 18.2 Å². The molecule has 2 rings (SSSR count). The normalized spacial score (nSPS) is 19.0.